The van der Waals surface area contributed by atoms with E-state index < -0.39 is 11.6 Å². The number of carboxylic acids is 1. The van der Waals surface area contributed by atoms with Gasteiger partial charge < -0.3 is 14.9 Å². The lowest BCUT2D eigenvalue weighted by molar-refractivity contribution is -0.157. The van der Waals surface area contributed by atoms with Crippen LogP contribution in [0.25, 0.3) is 10.8 Å². The smallest absolute Gasteiger partial charge is 0.348 e. The molecular weight excluding hydrogens is 292 g/mol. The Morgan fingerprint density at radius 1 is 1.13 bits per heavy atom. The van der Waals surface area contributed by atoms with Crippen LogP contribution in [0.1, 0.15) is 45.1 Å². The molecule has 0 saturated carbocycles. The average molecular weight is 316 g/mol. The van der Waals surface area contributed by atoms with E-state index in [1.165, 1.54) is 0 Å². The van der Waals surface area contributed by atoms with Gasteiger partial charge in [0.1, 0.15) is 0 Å². The second kappa shape index (κ2) is 6.90. The lowest BCUT2D eigenvalue weighted by Gasteiger charge is -2.30. The Balaban J connectivity index is 2.54. The largest absolute Gasteiger partial charge is 0.504 e. The Bertz CT molecular complexity index is 700. The molecule has 0 unspecified atom stereocenters. The fraction of sp³-hybridized carbons (Fsp3) is 0.421. The van der Waals surface area contributed by atoms with Crippen molar-refractivity contribution in [2.45, 2.75) is 52.1 Å². The van der Waals surface area contributed by atoms with E-state index in [0.29, 0.717) is 31.1 Å². The number of hydrogen-bond donors (Lipinski definition) is 2. The number of carbonyl (C=O) groups is 1. The van der Waals surface area contributed by atoms with Crippen LogP contribution in [-0.2, 0) is 4.79 Å². The van der Waals surface area contributed by atoms with Crippen LogP contribution >= 0.6 is 0 Å². The molecule has 0 aliphatic carbocycles. The standard InChI is InChI=1S/C19H24O4/c1-4-10-19(11-5-2,18(21)22)23-16-12-13(3)14-8-6-7-9-15(14)17(16)20/h6-9,12,20H,4-5,10-11H2,1-3H3,(H,21,22). The summed E-state index contributed by atoms with van der Waals surface area (Å²) < 4.78 is 5.91. The first-order chi connectivity index (χ1) is 10.9. The third-order valence-corrected chi connectivity index (χ3v) is 4.19. The SMILES string of the molecule is CCCC(CCC)(Oc1cc(C)c2ccccc2c1O)C(=O)O. The number of aliphatic carboxylic acids is 1. The van der Waals surface area contributed by atoms with Crippen molar-refractivity contribution in [1.29, 1.82) is 0 Å². The van der Waals surface area contributed by atoms with Gasteiger partial charge in [0.05, 0.1) is 0 Å². The minimum absolute atomic E-state index is 0.00373. The van der Waals surface area contributed by atoms with E-state index in [0.717, 1.165) is 10.9 Å². The van der Waals surface area contributed by atoms with E-state index in [4.69, 9.17) is 4.74 Å². The van der Waals surface area contributed by atoms with Gasteiger partial charge in [-0.05, 0) is 36.8 Å². The molecule has 2 aromatic rings. The van der Waals surface area contributed by atoms with Crippen molar-refractivity contribution in [3.05, 3.63) is 35.9 Å². The summed E-state index contributed by atoms with van der Waals surface area (Å²) in [6, 6.07) is 9.21. The normalized spacial score (nSPS) is 11.6. The maximum Gasteiger partial charge on any atom is 0.348 e. The van der Waals surface area contributed by atoms with Crippen LogP contribution < -0.4 is 4.74 Å². The van der Waals surface area contributed by atoms with Gasteiger partial charge in [-0.25, -0.2) is 4.79 Å². The van der Waals surface area contributed by atoms with Crippen molar-refractivity contribution in [3.63, 3.8) is 0 Å². The molecule has 0 radical (unpaired) electrons. The number of phenolic OH excluding ortho intramolecular Hbond substituents is 1. The van der Waals surface area contributed by atoms with Crippen molar-refractivity contribution in [2.75, 3.05) is 0 Å². The van der Waals surface area contributed by atoms with Crippen LogP contribution in [0.3, 0.4) is 0 Å². The monoisotopic (exact) mass is 316 g/mol. The maximum absolute atomic E-state index is 11.9. The van der Waals surface area contributed by atoms with Gasteiger partial charge in [0.25, 0.3) is 0 Å². The minimum atomic E-state index is -1.30. The number of hydrogen-bond acceptors (Lipinski definition) is 3. The zero-order valence-electron chi connectivity index (χ0n) is 13.9. The van der Waals surface area contributed by atoms with Gasteiger partial charge >= 0.3 is 5.97 Å². The molecule has 4 heteroatoms. The number of carboxylic acid groups (broad SMARTS) is 1. The molecule has 4 nitrogen and oxygen atoms in total. The Kier molecular flexibility index (Phi) is 5.14. The third-order valence-electron chi connectivity index (χ3n) is 4.19. The molecule has 0 saturated heterocycles. The molecule has 0 amide bonds. The highest BCUT2D eigenvalue weighted by atomic mass is 16.5. The van der Waals surface area contributed by atoms with Gasteiger partial charge in [-0.3, -0.25) is 0 Å². The molecule has 2 aromatic carbocycles. The zero-order valence-corrected chi connectivity index (χ0v) is 13.9. The highest BCUT2D eigenvalue weighted by Crippen LogP contribution is 2.40. The van der Waals surface area contributed by atoms with Crippen molar-refractivity contribution in [3.8, 4) is 11.5 Å². The van der Waals surface area contributed by atoms with E-state index in [1.54, 1.807) is 6.07 Å². The molecule has 2 rings (SSSR count). The summed E-state index contributed by atoms with van der Waals surface area (Å²) in [6.45, 7) is 5.79. The Hall–Kier alpha value is -2.23. The Morgan fingerprint density at radius 3 is 2.22 bits per heavy atom. The number of ether oxygens (including phenoxy) is 1. The molecule has 0 bridgehead atoms. The van der Waals surface area contributed by atoms with Crippen LogP contribution in [0.2, 0.25) is 0 Å². The fourth-order valence-electron chi connectivity index (χ4n) is 3.09. The van der Waals surface area contributed by atoms with E-state index in [9.17, 15) is 15.0 Å². The topological polar surface area (TPSA) is 66.8 Å². The summed E-state index contributed by atoms with van der Waals surface area (Å²) in [6.07, 6.45) is 2.20. The van der Waals surface area contributed by atoms with Gasteiger partial charge in [0.15, 0.2) is 11.5 Å². The van der Waals surface area contributed by atoms with Gasteiger partial charge in [-0.15, -0.1) is 0 Å². The van der Waals surface area contributed by atoms with Crippen molar-refractivity contribution in [2.24, 2.45) is 0 Å². The molecular formula is C19H24O4. The predicted octanol–water partition coefficient (Wildman–Crippen LogP) is 4.66. The first-order valence-electron chi connectivity index (χ1n) is 8.09. The Labute approximate surface area is 136 Å². The highest BCUT2D eigenvalue weighted by molar-refractivity contribution is 5.93. The second-order valence-corrected chi connectivity index (χ2v) is 5.99. The number of aromatic hydroxyl groups is 1. The lowest BCUT2D eigenvalue weighted by atomic mass is 9.92. The zero-order chi connectivity index (χ0) is 17.0. The van der Waals surface area contributed by atoms with Crippen LogP contribution in [0.4, 0.5) is 0 Å². The van der Waals surface area contributed by atoms with Gasteiger partial charge in [0, 0.05) is 5.39 Å². The molecule has 2 N–H and O–H groups in total. The fourth-order valence-corrected chi connectivity index (χ4v) is 3.09. The van der Waals surface area contributed by atoms with Crippen LogP contribution in [0.15, 0.2) is 30.3 Å². The second-order valence-electron chi connectivity index (χ2n) is 5.99. The predicted molar refractivity (Wildman–Crippen MR) is 91.2 cm³/mol. The van der Waals surface area contributed by atoms with Crippen molar-refractivity contribution >= 4 is 16.7 Å². The Morgan fingerprint density at radius 2 is 1.70 bits per heavy atom. The van der Waals surface area contributed by atoms with Crippen molar-refractivity contribution in [1.82, 2.24) is 0 Å². The lowest BCUT2D eigenvalue weighted by Crippen LogP contribution is -2.44. The quantitative estimate of drug-likeness (QED) is 0.780. The average Bonchev–Trinajstić information content (AvgIpc) is 2.52. The highest BCUT2D eigenvalue weighted by Gasteiger charge is 2.40. The molecule has 0 aliphatic heterocycles. The van der Waals surface area contributed by atoms with Crippen LogP contribution in [-0.4, -0.2) is 21.8 Å². The number of rotatable bonds is 7. The molecule has 0 spiro atoms. The summed E-state index contributed by atoms with van der Waals surface area (Å²) in [5.74, 6) is -0.735. The number of phenols is 1. The van der Waals surface area contributed by atoms with E-state index >= 15 is 0 Å². The molecule has 0 aliphatic rings. The minimum Gasteiger partial charge on any atom is -0.504 e. The first-order valence-corrected chi connectivity index (χ1v) is 8.09. The number of fused-ring (bicyclic) bond motifs is 1. The van der Waals surface area contributed by atoms with E-state index in [-0.39, 0.29) is 11.5 Å². The number of aryl methyl sites for hydroxylation is 1. The third kappa shape index (κ3) is 3.26. The molecule has 0 atom stereocenters. The maximum atomic E-state index is 11.9. The van der Waals surface area contributed by atoms with E-state index in [2.05, 4.69) is 0 Å². The molecule has 124 valence electrons. The molecule has 0 aromatic heterocycles. The number of benzene rings is 2. The van der Waals surface area contributed by atoms with Crippen LogP contribution in [0.5, 0.6) is 11.5 Å². The van der Waals surface area contributed by atoms with Gasteiger partial charge in [0.2, 0.25) is 5.60 Å². The summed E-state index contributed by atoms with van der Waals surface area (Å²) in [5.41, 5.74) is -0.351. The molecule has 23 heavy (non-hydrogen) atoms. The van der Waals surface area contributed by atoms with Crippen molar-refractivity contribution < 1.29 is 19.7 Å². The van der Waals surface area contributed by atoms with Gasteiger partial charge in [-0.1, -0.05) is 51.0 Å². The first kappa shape index (κ1) is 17.1. The molecule has 0 heterocycles. The summed E-state index contributed by atoms with van der Waals surface area (Å²) in [7, 11) is 0. The summed E-state index contributed by atoms with van der Waals surface area (Å²) in [5, 5.41) is 21.9. The van der Waals surface area contributed by atoms with E-state index in [1.807, 2.05) is 45.0 Å². The summed E-state index contributed by atoms with van der Waals surface area (Å²) in [4.78, 5) is 11.9. The van der Waals surface area contributed by atoms with Crippen LogP contribution in [0, 0.1) is 6.92 Å². The summed E-state index contributed by atoms with van der Waals surface area (Å²) >= 11 is 0. The van der Waals surface area contributed by atoms with Gasteiger partial charge in [-0.2, -0.15) is 0 Å². The molecule has 0 fully saturated rings.